The number of halogens is 2. The standard InChI is InChI=1S/C14H20ClNO.ClH/c1-2-3-14(16-8-10-17-11-9-16)12-4-6-13(15)7-5-12;/h4-7,14H,2-3,8-11H2,1H3;1H. The molecule has 1 unspecified atom stereocenters. The highest BCUT2D eigenvalue weighted by atomic mass is 35.5. The van der Waals surface area contributed by atoms with Crippen LogP contribution in [0.2, 0.25) is 5.02 Å². The fourth-order valence-corrected chi connectivity index (χ4v) is 2.53. The quantitative estimate of drug-likeness (QED) is 0.833. The van der Waals surface area contributed by atoms with Crippen LogP contribution in [0.25, 0.3) is 0 Å². The summed E-state index contributed by atoms with van der Waals surface area (Å²) in [5.41, 5.74) is 1.37. The normalized spacial score (nSPS) is 18.1. The first-order valence-corrected chi connectivity index (χ1v) is 6.76. The topological polar surface area (TPSA) is 12.5 Å². The maximum Gasteiger partial charge on any atom is 0.0594 e. The zero-order valence-corrected chi connectivity index (χ0v) is 12.3. The van der Waals surface area contributed by atoms with E-state index in [9.17, 15) is 0 Å². The van der Waals surface area contributed by atoms with Crippen LogP contribution in [0, 0.1) is 0 Å². The highest BCUT2D eigenvalue weighted by molar-refractivity contribution is 6.30. The molecule has 1 aromatic carbocycles. The molecule has 4 heteroatoms. The first-order valence-electron chi connectivity index (χ1n) is 6.38. The van der Waals surface area contributed by atoms with E-state index in [1.165, 1.54) is 18.4 Å². The van der Waals surface area contributed by atoms with E-state index in [0.29, 0.717) is 6.04 Å². The van der Waals surface area contributed by atoms with Crippen LogP contribution < -0.4 is 0 Å². The van der Waals surface area contributed by atoms with Crippen LogP contribution in [0.1, 0.15) is 31.4 Å². The van der Waals surface area contributed by atoms with Crippen LogP contribution in [-0.4, -0.2) is 31.2 Å². The van der Waals surface area contributed by atoms with Gasteiger partial charge in [0.25, 0.3) is 0 Å². The van der Waals surface area contributed by atoms with Gasteiger partial charge in [-0.2, -0.15) is 0 Å². The van der Waals surface area contributed by atoms with Gasteiger partial charge in [0.2, 0.25) is 0 Å². The third-order valence-electron chi connectivity index (χ3n) is 3.30. The van der Waals surface area contributed by atoms with E-state index in [-0.39, 0.29) is 12.4 Å². The Morgan fingerprint density at radius 1 is 1.22 bits per heavy atom. The first kappa shape index (κ1) is 15.8. The molecular formula is C14H21Cl2NO. The van der Waals surface area contributed by atoms with E-state index in [1.54, 1.807) is 0 Å². The van der Waals surface area contributed by atoms with Gasteiger partial charge in [0.15, 0.2) is 0 Å². The summed E-state index contributed by atoms with van der Waals surface area (Å²) in [7, 11) is 0. The predicted octanol–water partition coefficient (Wildman–Crippen LogP) is 3.94. The Bertz CT molecular complexity index is 336. The first-order chi connectivity index (χ1) is 8.31. The van der Waals surface area contributed by atoms with Crippen molar-refractivity contribution in [1.82, 2.24) is 4.90 Å². The number of ether oxygens (including phenoxy) is 1. The lowest BCUT2D eigenvalue weighted by Crippen LogP contribution is -2.39. The van der Waals surface area contributed by atoms with Crippen LogP contribution >= 0.6 is 24.0 Å². The second-order valence-corrected chi connectivity index (χ2v) is 4.94. The van der Waals surface area contributed by atoms with Gasteiger partial charge in [-0.25, -0.2) is 0 Å². The van der Waals surface area contributed by atoms with Gasteiger partial charge in [-0.15, -0.1) is 12.4 Å². The van der Waals surface area contributed by atoms with E-state index in [0.717, 1.165) is 31.3 Å². The SMILES string of the molecule is CCCC(c1ccc(Cl)cc1)N1CCOCC1.Cl. The number of morpholine rings is 1. The molecule has 0 spiro atoms. The van der Waals surface area contributed by atoms with Crippen LogP contribution in [0.3, 0.4) is 0 Å². The Hall–Kier alpha value is -0.280. The molecule has 0 amide bonds. The fraction of sp³-hybridized carbons (Fsp3) is 0.571. The lowest BCUT2D eigenvalue weighted by atomic mass is 10.0. The summed E-state index contributed by atoms with van der Waals surface area (Å²) in [5.74, 6) is 0. The molecule has 18 heavy (non-hydrogen) atoms. The van der Waals surface area contributed by atoms with Crippen molar-refractivity contribution < 1.29 is 4.74 Å². The molecule has 1 saturated heterocycles. The van der Waals surface area contributed by atoms with Gasteiger partial charge in [-0.1, -0.05) is 37.1 Å². The molecular weight excluding hydrogens is 269 g/mol. The van der Waals surface area contributed by atoms with Crippen LogP contribution in [0.15, 0.2) is 24.3 Å². The molecule has 1 aromatic rings. The van der Waals surface area contributed by atoms with Gasteiger partial charge in [-0.05, 0) is 24.1 Å². The number of hydrogen-bond donors (Lipinski definition) is 0. The van der Waals surface area contributed by atoms with Crippen molar-refractivity contribution in [2.75, 3.05) is 26.3 Å². The van der Waals surface area contributed by atoms with Crippen molar-refractivity contribution in [3.63, 3.8) is 0 Å². The second-order valence-electron chi connectivity index (χ2n) is 4.50. The van der Waals surface area contributed by atoms with E-state index < -0.39 is 0 Å². The molecule has 0 N–H and O–H groups in total. The van der Waals surface area contributed by atoms with Crippen molar-refractivity contribution in [2.24, 2.45) is 0 Å². The summed E-state index contributed by atoms with van der Waals surface area (Å²) in [6.07, 6.45) is 2.40. The van der Waals surface area contributed by atoms with Crippen LogP contribution in [0.4, 0.5) is 0 Å². The molecule has 1 heterocycles. The Balaban J connectivity index is 0.00000162. The summed E-state index contributed by atoms with van der Waals surface area (Å²) in [5, 5.41) is 0.811. The zero-order valence-electron chi connectivity index (χ0n) is 10.8. The molecule has 0 saturated carbocycles. The van der Waals surface area contributed by atoms with E-state index >= 15 is 0 Å². The fourth-order valence-electron chi connectivity index (χ4n) is 2.41. The minimum absolute atomic E-state index is 0. The minimum atomic E-state index is 0. The van der Waals surface area contributed by atoms with Gasteiger partial charge >= 0.3 is 0 Å². The molecule has 0 bridgehead atoms. The van der Waals surface area contributed by atoms with Gasteiger partial charge in [-0.3, -0.25) is 4.90 Å². The smallest absolute Gasteiger partial charge is 0.0594 e. The molecule has 0 aliphatic carbocycles. The predicted molar refractivity (Wildman–Crippen MR) is 78.7 cm³/mol. The van der Waals surface area contributed by atoms with Crippen molar-refractivity contribution >= 4 is 24.0 Å². The van der Waals surface area contributed by atoms with E-state index in [4.69, 9.17) is 16.3 Å². The Morgan fingerprint density at radius 3 is 2.39 bits per heavy atom. The number of benzene rings is 1. The summed E-state index contributed by atoms with van der Waals surface area (Å²) >= 11 is 5.95. The van der Waals surface area contributed by atoms with Crippen molar-refractivity contribution in [3.8, 4) is 0 Å². The molecule has 1 atom stereocenters. The molecule has 2 rings (SSSR count). The zero-order chi connectivity index (χ0) is 12.1. The number of rotatable bonds is 4. The highest BCUT2D eigenvalue weighted by Gasteiger charge is 2.21. The Morgan fingerprint density at radius 2 is 1.83 bits per heavy atom. The van der Waals surface area contributed by atoms with Gasteiger partial charge in [0, 0.05) is 24.2 Å². The lowest BCUT2D eigenvalue weighted by Gasteiger charge is -2.34. The molecule has 0 radical (unpaired) electrons. The molecule has 1 fully saturated rings. The van der Waals surface area contributed by atoms with Gasteiger partial charge < -0.3 is 4.74 Å². The number of hydrogen-bond acceptors (Lipinski definition) is 2. The summed E-state index contributed by atoms with van der Waals surface area (Å²) in [4.78, 5) is 2.52. The maximum atomic E-state index is 5.95. The highest BCUT2D eigenvalue weighted by Crippen LogP contribution is 2.27. The molecule has 1 aliphatic heterocycles. The third-order valence-corrected chi connectivity index (χ3v) is 3.56. The van der Waals surface area contributed by atoms with Gasteiger partial charge in [0.05, 0.1) is 13.2 Å². The minimum Gasteiger partial charge on any atom is -0.379 e. The summed E-state index contributed by atoms with van der Waals surface area (Å²) in [6, 6.07) is 8.79. The van der Waals surface area contributed by atoms with E-state index in [2.05, 4.69) is 24.0 Å². The second kappa shape index (κ2) is 8.00. The maximum absolute atomic E-state index is 5.95. The average Bonchev–Trinajstić information content (AvgIpc) is 2.38. The average molecular weight is 290 g/mol. The molecule has 2 nitrogen and oxygen atoms in total. The van der Waals surface area contributed by atoms with Crippen molar-refractivity contribution in [2.45, 2.75) is 25.8 Å². The number of nitrogens with zero attached hydrogens (tertiary/aromatic N) is 1. The monoisotopic (exact) mass is 289 g/mol. The van der Waals surface area contributed by atoms with Crippen molar-refractivity contribution in [1.29, 1.82) is 0 Å². The summed E-state index contributed by atoms with van der Waals surface area (Å²) in [6.45, 7) is 6.02. The molecule has 0 aromatic heterocycles. The lowest BCUT2D eigenvalue weighted by molar-refractivity contribution is 0.0140. The third kappa shape index (κ3) is 4.13. The Labute approximate surface area is 121 Å². The van der Waals surface area contributed by atoms with Crippen LogP contribution in [0.5, 0.6) is 0 Å². The summed E-state index contributed by atoms with van der Waals surface area (Å²) < 4.78 is 5.42. The van der Waals surface area contributed by atoms with E-state index in [1.807, 2.05) is 12.1 Å². The molecule has 1 aliphatic rings. The van der Waals surface area contributed by atoms with Crippen LogP contribution in [-0.2, 0) is 4.74 Å². The van der Waals surface area contributed by atoms with Gasteiger partial charge in [0.1, 0.15) is 0 Å². The Kier molecular flexibility index (Phi) is 7.02. The molecule has 102 valence electrons. The largest absolute Gasteiger partial charge is 0.379 e. The van der Waals surface area contributed by atoms with Crippen molar-refractivity contribution in [3.05, 3.63) is 34.9 Å².